The Labute approximate surface area is 155 Å². The van der Waals surface area contributed by atoms with Gasteiger partial charge in [-0.3, -0.25) is 4.79 Å². The van der Waals surface area contributed by atoms with Gasteiger partial charge >= 0.3 is 5.97 Å². The molecule has 132 valence electrons. The molecule has 0 bridgehead atoms. The normalized spacial score (nSPS) is 15.2. The first kappa shape index (κ1) is 19.1. The molecule has 0 unspecified atom stereocenters. The maximum absolute atomic E-state index is 12.2. The monoisotopic (exact) mass is 393 g/mol. The van der Waals surface area contributed by atoms with Crippen molar-refractivity contribution in [1.29, 1.82) is 0 Å². The van der Waals surface area contributed by atoms with Crippen LogP contribution in [0.5, 0.6) is 0 Å². The SMILES string of the molecule is CN(C(=O)COC(=O)c1nc(Cl)c(Cl)c(N)c1Cl)C1CCCCC1. The lowest BCUT2D eigenvalue weighted by Crippen LogP contribution is -2.40. The molecular formula is C15H18Cl3N3O3. The number of rotatable bonds is 4. The lowest BCUT2D eigenvalue weighted by atomic mass is 9.94. The van der Waals surface area contributed by atoms with Gasteiger partial charge in [0.2, 0.25) is 0 Å². The highest BCUT2D eigenvalue weighted by molar-refractivity contribution is 6.46. The quantitative estimate of drug-likeness (QED) is 0.623. The molecule has 24 heavy (non-hydrogen) atoms. The van der Waals surface area contributed by atoms with E-state index in [0.717, 1.165) is 25.7 Å². The Morgan fingerprint density at radius 3 is 2.46 bits per heavy atom. The van der Waals surface area contributed by atoms with Gasteiger partial charge < -0.3 is 15.4 Å². The highest BCUT2D eigenvalue weighted by Gasteiger charge is 2.25. The Hall–Kier alpha value is -1.24. The van der Waals surface area contributed by atoms with E-state index >= 15 is 0 Å². The van der Waals surface area contributed by atoms with Crippen LogP contribution in [-0.4, -0.2) is 41.5 Å². The van der Waals surface area contributed by atoms with Crippen molar-refractivity contribution in [3.63, 3.8) is 0 Å². The van der Waals surface area contributed by atoms with E-state index in [1.165, 1.54) is 6.42 Å². The van der Waals surface area contributed by atoms with Crippen molar-refractivity contribution in [2.75, 3.05) is 19.4 Å². The summed E-state index contributed by atoms with van der Waals surface area (Å²) < 4.78 is 5.00. The zero-order valence-corrected chi connectivity index (χ0v) is 15.4. The fourth-order valence-electron chi connectivity index (χ4n) is 2.64. The van der Waals surface area contributed by atoms with Crippen molar-refractivity contribution in [2.45, 2.75) is 38.1 Å². The number of carbonyl (C=O) groups is 2. The van der Waals surface area contributed by atoms with Crippen molar-refractivity contribution in [3.05, 3.63) is 20.9 Å². The molecule has 1 amide bonds. The third kappa shape index (κ3) is 4.23. The lowest BCUT2D eigenvalue weighted by molar-refractivity contribution is -0.135. The van der Waals surface area contributed by atoms with Gasteiger partial charge in [0.1, 0.15) is 5.02 Å². The minimum Gasteiger partial charge on any atom is -0.451 e. The van der Waals surface area contributed by atoms with Crippen molar-refractivity contribution in [1.82, 2.24) is 9.88 Å². The number of halogens is 3. The molecule has 1 heterocycles. The molecule has 9 heteroatoms. The molecule has 1 aliphatic carbocycles. The first-order valence-electron chi connectivity index (χ1n) is 7.55. The van der Waals surface area contributed by atoms with Gasteiger partial charge in [-0.15, -0.1) is 0 Å². The van der Waals surface area contributed by atoms with Crippen LogP contribution in [0, 0.1) is 0 Å². The Morgan fingerprint density at radius 1 is 1.21 bits per heavy atom. The van der Waals surface area contributed by atoms with Gasteiger partial charge in [0, 0.05) is 13.1 Å². The number of nitrogen functional groups attached to an aromatic ring is 1. The van der Waals surface area contributed by atoms with Gasteiger partial charge in [-0.25, -0.2) is 9.78 Å². The zero-order chi connectivity index (χ0) is 17.9. The van der Waals surface area contributed by atoms with E-state index in [9.17, 15) is 9.59 Å². The van der Waals surface area contributed by atoms with E-state index in [1.807, 2.05) is 0 Å². The molecule has 6 nitrogen and oxygen atoms in total. The van der Waals surface area contributed by atoms with Gasteiger partial charge in [-0.05, 0) is 12.8 Å². The average molecular weight is 395 g/mol. The second-order valence-electron chi connectivity index (χ2n) is 5.67. The highest BCUT2D eigenvalue weighted by atomic mass is 35.5. The van der Waals surface area contributed by atoms with Crippen LogP contribution in [0.15, 0.2) is 0 Å². The topological polar surface area (TPSA) is 85.5 Å². The number of nitrogens with two attached hydrogens (primary N) is 1. The second-order valence-corrected chi connectivity index (χ2v) is 6.78. The number of pyridine rings is 1. The largest absolute Gasteiger partial charge is 0.451 e. The molecule has 0 atom stereocenters. The van der Waals surface area contributed by atoms with E-state index in [1.54, 1.807) is 11.9 Å². The lowest BCUT2D eigenvalue weighted by Gasteiger charge is -2.31. The standard InChI is InChI=1S/C15H18Cl3N3O3/c1-21(8-5-3-2-4-6-8)9(22)7-24-15(23)13-10(16)12(19)11(17)14(18)20-13/h8H,2-7H2,1H3,(H2,19,20). The highest BCUT2D eigenvalue weighted by Crippen LogP contribution is 2.34. The molecule has 1 fully saturated rings. The molecule has 2 N–H and O–H groups in total. The smallest absolute Gasteiger partial charge is 0.359 e. The number of hydrogen-bond acceptors (Lipinski definition) is 5. The van der Waals surface area contributed by atoms with Crippen molar-refractivity contribution in [3.8, 4) is 0 Å². The van der Waals surface area contributed by atoms with Gasteiger partial charge in [0.15, 0.2) is 17.5 Å². The first-order valence-corrected chi connectivity index (χ1v) is 8.69. The molecule has 2 rings (SSSR count). The number of anilines is 1. The first-order chi connectivity index (χ1) is 11.3. The maximum atomic E-state index is 12.2. The van der Waals surface area contributed by atoms with Crippen LogP contribution in [0.25, 0.3) is 0 Å². The molecule has 0 saturated heterocycles. The number of esters is 1. The molecule has 0 spiro atoms. The molecule has 1 saturated carbocycles. The summed E-state index contributed by atoms with van der Waals surface area (Å²) in [6.07, 6.45) is 5.32. The Bertz CT molecular complexity index is 649. The van der Waals surface area contributed by atoms with Crippen LogP contribution < -0.4 is 5.73 Å². The number of aromatic nitrogens is 1. The molecular weight excluding hydrogens is 377 g/mol. The zero-order valence-electron chi connectivity index (χ0n) is 13.2. The molecule has 1 aliphatic rings. The molecule has 1 aromatic rings. The van der Waals surface area contributed by atoms with E-state index in [2.05, 4.69) is 4.98 Å². The summed E-state index contributed by atoms with van der Waals surface area (Å²) in [6, 6.07) is 0.187. The number of likely N-dealkylation sites (N-methyl/N-ethyl adjacent to an activating group) is 1. The minimum absolute atomic E-state index is 0.0358. The summed E-state index contributed by atoms with van der Waals surface area (Å²) in [6.45, 7) is -0.399. The summed E-state index contributed by atoms with van der Waals surface area (Å²) in [5.41, 5.74) is 5.33. The van der Waals surface area contributed by atoms with Crippen molar-refractivity contribution < 1.29 is 14.3 Å². The van der Waals surface area contributed by atoms with Gasteiger partial charge in [0.25, 0.3) is 5.91 Å². The van der Waals surface area contributed by atoms with E-state index in [-0.39, 0.29) is 38.5 Å². The van der Waals surface area contributed by atoms with E-state index in [0.29, 0.717) is 0 Å². The number of carbonyl (C=O) groups excluding carboxylic acids is 2. The van der Waals surface area contributed by atoms with E-state index < -0.39 is 12.6 Å². The van der Waals surface area contributed by atoms with E-state index in [4.69, 9.17) is 45.3 Å². The van der Waals surface area contributed by atoms with Crippen LogP contribution in [0.3, 0.4) is 0 Å². The van der Waals surface area contributed by atoms with Crippen LogP contribution in [0.2, 0.25) is 15.2 Å². The summed E-state index contributed by atoms with van der Waals surface area (Å²) in [7, 11) is 1.72. The minimum atomic E-state index is -0.879. The van der Waals surface area contributed by atoms with Gasteiger partial charge in [-0.1, -0.05) is 54.1 Å². The predicted molar refractivity (Wildman–Crippen MR) is 93.6 cm³/mol. The van der Waals surface area contributed by atoms with Crippen molar-refractivity contribution >= 4 is 52.4 Å². The fourth-order valence-corrected chi connectivity index (χ4v) is 3.22. The third-order valence-electron chi connectivity index (χ3n) is 4.11. The Kier molecular flexibility index (Phi) is 6.54. The number of hydrogen-bond donors (Lipinski definition) is 1. The molecule has 0 radical (unpaired) electrons. The average Bonchev–Trinajstić information content (AvgIpc) is 2.60. The van der Waals surface area contributed by atoms with Crippen molar-refractivity contribution in [2.24, 2.45) is 0 Å². The van der Waals surface area contributed by atoms with Crippen LogP contribution in [0.4, 0.5) is 5.69 Å². The van der Waals surface area contributed by atoms with Gasteiger partial charge in [-0.2, -0.15) is 0 Å². The summed E-state index contributed by atoms with van der Waals surface area (Å²) >= 11 is 17.5. The maximum Gasteiger partial charge on any atom is 0.359 e. The van der Waals surface area contributed by atoms with Gasteiger partial charge in [0.05, 0.1) is 10.7 Å². The summed E-state index contributed by atoms with van der Waals surface area (Å²) in [5.74, 6) is -1.16. The molecule has 0 aromatic carbocycles. The summed E-state index contributed by atoms with van der Waals surface area (Å²) in [4.78, 5) is 29.7. The fraction of sp³-hybridized carbons (Fsp3) is 0.533. The predicted octanol–water partition coefficient (Wildman–Crippen LogP) is 3.57. The Morgan fingerprint density at radius 2 is 1.83 bits per heavy atom. The van der Waals surface area contributed by atoms with Crippen LogP contribution in [-0.2, 0) is 9.53 Å². The number of ether oxygens (including phenoxy) is 1. The molecule has 1 aromatic heterocycles. The third-order valence-corrected chi connectivity index (χ3v) is 5.24. The van der Waals surface area contributed by atoms with Crippen LogP contribution >= 0.6 is 34.8 Å². The molecule has 0 aliphatic heterocycles. The Balaban J connectivity index is 1.99. The number of nitrogens with zero attached hydrogens (tertiary/aromatic N) is 2. The van der Waals surface area contributed by atoms with Crippen LogP contribution in [0.1, 0.15) is 42.6 Å². The number of amides is 1. The summed E-state index contributed by atoms with van der Waals surface area (Å²) in [5, 5.41) is -0.343. The second kappa shape index (κ2) is 8.23.